The molecular formula is C23H24N4O4. The number of hydrogen-bond acceptors (Lipinski definition) is 7. The highest BCUT2D eigenvalue weighted by atomic mass is 16.7. The van der Waals surface area contributed by atoms with Crippen LogP contribution in [-0.4, -0.2) is 28.2 Å². The summed E-state index contributed by atoms with van der Waals surface area (Å²) < 4.78 is 6.00. The molecule has 2 atom stereocenters. The number of nitrogens with two attached hydrogens (primary N) is 1. The van der Waals surface area contributed by atoms with E-state index in [1.54, 1.807) is 5.48 Å². The van der Waals surface area contributed by atoms with Gasteiger partial charge < -0.3 is 10.5 Å². The standard InChI is InChI=1S/C23H24N4O4/c1-14-10-16(18-4-2-3-5-20(18)25-14)13-30-17-8-6-15(7-9-17)21-12-22(31-27-21)19(24)11-23(28)26-29/h2-10,12,19,22,27,29H,11,13,24H2,1H3,(H,26,28). The summed E-state index contributed by atoms with van der Waals surface area (Å²) in [5, 5.41) is 9.71. The molecule has 0 fully saturated rings. The van der Waals surface area contributed by atoms with Gasteiger partial charge >= 0.3 is 0 Å². The quantitative estimate of drug-likeness (QED) is 0.343. The first-order valence-electron chi connectivity index (χ1n) is 9.94. The lowest BCUT2D eigenvalue weighted by molar-refractivity contribution is -0.130. The summed E-state index contributed by atoms with van der Waals surface area (Å²) in [7, 11) is 0. The lowest BCUT2D eigenvalue weighted by Crippen LogP contribution is -2.39. The second-order valence-corrected chi connectivity index (χ2v) is 7.42. The molecule has 1 aliphatic rings. The third-order valence-corrected chi connectivity index (χ3v) is 5.09. The van der Waals surface area contributed by atoms with Gasteiger partial charge in [0.1, 0.15) is 18.5 Å². The van der Waals surface area contributed by atoms with E-state index >= 15 is 0 Å². The van der Waals surface area contributed by atoms with Crippen LogP contribution in [0, 0.1) is 6.92 Å². The van der Waals surface area contributed by atoms with Gasteiger partial charge in [-0.15, -0.1) is 0 Å². The maximum atomic E-state index is 11.3. The molecule has 2 aromatic carbocycles. The van der Waals surface area contributed by atoms with Gasteiger partial charge in [0.05, 0.1) is 11.2 Å². The molecule has 2 heterocycles. The Bertz CT molecular complexity index is 1110. The molecule has 1 aromatic heterocycles. The third-order valence-electron chi connectivity index (χ3n) is 5.09. The van der Waals surface area contributed by atoms with Gasteiger partial charge in [-0.05, 0) is 55.0 Å². The highest BCUT2D eigenvalue weighted by Crippen LogP contribution is 2.24. The summed E-state index contributed by atoms with van der Waals surface area (Å²) in [6, 6.07) is 17.1. The van der Waals surface area contributed by atoms with E-state index in [-0.39, 0.29) is 6.42 Å². The summed E-state index contributed by atoms with van der Waals surface area (Å²) in [5.74, 6) is 0.186. The van der Waals surface area contributed by atoms with Crippen molar-refractivity contribution in [3.05, 3.63) is 77.5 Å². The number of fused-ring (bicyclic) bond motifs is 1. The number of aromatic nitrogens is 1. The van der Waals surface area contributed by atoms with Crippen LogP contribution < -0.4 is 21.4 Å². The van der Waals surface area contributed by atoms with E-state index in [0.717, 1.165) is 39.2 Å². The van der Waals surface area contributed by atoms with Crippen LogP contribution in [0.5, 0.6) is 5.75 Å². The SMILES string of the molecule is Cc1cc(COc2ccc(C3=CC(C(N)CC(=O)NO)ON3)cc2)c2ccccc2n1. The maximum absolute atomic E-state index is 11.3. The molecule has 1 aliphatic heterocycles. The van der Waals surface area contributed by atoms with Gasteiger partial charge in [-0.3, -0.25) is 25.3 Å². The van der Waals surface area contributed by atoms with Crippen molar-refractivity contribution < 1.29 is 19.6 Å². The van der Waals surface area contributed by atoms with E-state index in [0.29, 0.717) is 6.61 Å². The molecule has 1 amide bonds. The molecule has 8 nitrogen and oxygen atoms in total. The van der Waals surface area contributed by atoms with Crippen molar-refractivity contribution in [3.8, 4) is 5.75 Å². The molecule has 0 radical (unpaired) electrons. The fourth-order valence-corrected chi connectivity index (χ4v) is 3.51. The molecule has 31 heavy (non-hydrogen) atoms. The largest absolute Gasteiger partial charge is 0.489 e. The molecule has 0 aliphatic carbocycles. The van der Waals surface area contributed by atoms with Crippen LogP contribution in [0.15, 0.2) is 60.7 Å². The number of ether oxygens (including phenoxy) is 1. The molecule has 5 N–H and O–H groups in total. The number of hydroxylamine groups is 2. The Kier molecular flexibility index (Phi) is 6.13. The molecule has 160 valence electrons. The van der Waals surface area contributed by atoms with E-state index in [1.807, 2.05) is 67.6 Å². The number of nitrogens with one attached hydrogen (secondary N) is 2. The first-order valence-corrected chi connectivity index (χ1v) is 9.94. The first kappa shape index (κ1) is 20.8. The van der Waals surface area contributed by atoms with Crippen molar-refractivity contribution in [2.75, 3.05) is 0 Å². The fraction of sp³-hybridized carbons (Fsp3) is 0.217. The highest BCUT2D eigenvalue weighted by Gasteiger charge is 2.25. The van der Waals surface area contributed by atoms with Crippen LogP contribution in [0.25, 0.3) is 16.6 Å². The minimum atomic E-state index is -0.585. The highest BCUT2D eigenvalue weighted by molar-refractivity contribution is 5.82. The zero-order chi connectivity index (χ0) is 21.8. The lowest BCUT2D eigenvalue weighted by Gasteiger charge is -2.14. The van der Waals surface area contributed by atoms with Gasteiger partial charge in [0.2, 0.25) is 5.91 Å². The normalized spacial score (nSPS) is 16.5. The summed E-state index contributed by atoms with van der Waals surface area (Å²) in [5.41, 5.74) is 15.0. The van der Waals surface area contributed by atoms with Crippen LogP contribution in [0.2, 0.25) is 0 Å². The average molecular weight is 420 g/mol. The number of aryl methyl sites for hydroxylation is 1. The van der Waals surface area contributed by atoms with Gasteiger partial charge in [-0.2, -0.15) is 0 Å². The van der Waals surface area contributed by atoms with Crippen molar-refractivity contribution in [1.29, 1.82) is 0 Å². The Hall–Kier alpha value is -3.46. The van der Waals surface area contributed by atoms with Crippen LogP contribution >= 0.6 is 0 Å². The van der Waals surface area contributed by atoms with Crippen molar-refractivity contribution in [2.45, 2.75) is 32.1 Å². The molecule has 2 unspecified atom stereocenters. The summed E-state index contributed by atoms with van der Waals surface area (Å²) in [6.07, 6.45) is 1.28. The Morgan fingerprint density at radius 3 is 2.84 bits per heavy atom. The van der Waals surface area contributed by atoms with Gasteiger partial charge in [0.25, 0.3) is 0 Å². The maximum Gasteiger partial charge on any atom is 0.245 e. The molecule has 0 spiro atoms. The van der Waals surface area contributed by atoms with Crippen molar-refractivity contribution >= 4 is 22.5 Å². The Labute approximate surface area is 179 Å². The Balaban J connectivity index is 1.41. The van der Waals surface area contributed by atoms with Gasteiger partial charge in [-0.25, -0.2) is 5.48 Å². The molecule has 8 heteroatoms. The first-order chi connectivity index (χ1) is 15.0. The molecule has 0 saturated heterocycles. The second-order valence-electron chi connectivity index (χ2n) is 7.42. The minimum Gasteiger partial charge on any atom is -0.489 e. The van der Waals surface area contributed by atoms with Crippen LogP contribution in [0.1, 0.15) is 23.2 Å². The number of carbonyl (C=O) groups is 1. The second kappa shape index (κ2) is 9.13. The predicted molar refractivity (Wildman–Crippen MR) is 116 cm³/mol. The lowest BCUT2D eigenvalue weighted by atomic mass is 10.1. The monoisotopic (exact) mass is 420 g/mol. The topological polar surface area (TPSA) is 119 Å². The van der Waals surface area contributed by atoms with Crippen molar-refractivity contribution in [2.24, 2.45) is 5.73 Å². The molecule has 0 bridgehead atoms. The van der Waals surface area contributed by atoms with Gasteiger partial charge in [0.15, 0.2) is 0 Å². The van der Waals surface area contributed by atoms with E-state index in [2.05, 4.69) is 10.5 Å². The fourth-order valence-electron chi connectivity index (χ4n) is 3.51. The number of amides is 1. The molecular weight excluding hydrogens is 396 g/mol. The van der Waals surface area contributed by atoms with Gasteiger partial charge in [0, 0.05) is 29.1 Å². The van der Waals surface area contributed by atoms with Crippen LogP contribution in [0.3, 0.4) is 0 Å². The Morgan fingerprint density at radius 2 is 2.06 bits per heavy atom. The number of hydrogen-bond donors (Lipinski definition) is 4. The summed E-state index contributed by atoms with van der Waals surface area (Å²) in [4.78, 5) is 21.3. The van der Waals surface area contributed by atoms with Crippen LogP contribution in [0.4, 0.5) is 0 Å². The molecule has 3 aromatic rings. The van der Waals surface area contributed by atoms with Crippen molar-refractivity contribution in [1.82, 2.24) is 15.9 Å². The molecule has 0 saturated carbocycles. The van der Waals surface area contributed by atoms with E-state index < -0.39 is 18.1 Å². The van der Waals surface area contributed by atoms with E-state index in [9.17, 15) is 4.79 Å². The number of nitrogens with zero attached hydrogens (tertiary/aromatic N) is 1. The average Bonchev–Trinajstić information content (AvgIpc) is 3.28. The van der Waals surface area contributed by atoms with Crippen molar-refractivity contribution in [3.63, 3.8) is 0 Å². The third kappa shape index (κ3) is 4.83. The number of pyridine rings is 1. The summed E-state index contributed by atoms with van der Waals surface area (Å²) >= 11 is 0. The minimum absolute atomic E-state index is 0.0530. The predicted octanol–water partition coefficient (Wildman–Crippen LogP) is 2.59. The Morgan fingerprint density at radius 1 is 1.29 bits per heavy atom. The number of para-hydroxylation sites is 1. The van der Waals surface area contributed by atoms with E-state index in [1.165, 1.54) is 0 Å². The number of benzene rings is 2. The van der Waals surface area contributed by atoms with Crippen LogP contribution in [-0.2, 0) is 16.2 Å². The zero-order valence-electron chi connectivity index (χ0n) is 17.0. The number of carbonyl (C=O) groups excluding carboxylic acids is 1. The van der Waals surface area contributed by atoms with E-state index in [4.69, 9.17) is 20.5 Å². The molecule has 4 rings (SSSR count). The summed E-state index contributed by atoms with van der Waals surface area (Å²) in [6.45, 7) is 2.42. The smallest absolute Gasteiger partial charge is 0.245 e. The van der Waals surface area contributed by atoms with Gasteiger partial charge in [-0.1, -0.05) is 18.2 Å². The zero-order valence-corrected chi connectivity index (χ0v) is 17.0. The number of rotatable bonds is 7.